The maximum absolute atomic E-state index is 12.9. The van der Waals surface area contributed by atoms with Gasteiger partial charge in [0.1, 0.15) is 11.9 Å². The summed E-state index contributed by atoms with van der Waals surface area (Å²) < 4.78 is 43.9. The van der Waals surface area contributed by atoms with Gasteiger partial charge in [-0.25, -0.2) is 4.79 Å². The van der Waals surface area contributed by atoms with Crippen molar-refractivity contribution in [2.24, 2.45) is 0 Å². The molecule has 23 heavy (non-hydrogen) atoms. The number of benzene rings is 1. The second kappa shape index (κ2) is 7.33. The molecule has 1 atom stereocenters. The van der Waals surface area contributed by atoms with Crippen LogP contribution in [0, 0.1) is 0 Å². The van der Waals surface area contributed by atoms with Gasteiger partial charge >= 0.3 is 12.3 Å². The van der Waals surface area contributed by atoms with E-state index in [9.17, 15) is 22.8 Å². The van der Waals surface area contributed by atoms with E-state index in [1.807, 2.05) is 0 Å². The Balaban J connectivity index is 3.08. The summed E-state index contributed by atoms with van der Waals surface area (Å²) >= 11 is 3.01. The van der Waals surface area contributed by atoms with E-state index >= 15 is 0 Å². The molecule has 0 unspecified atom stereocenters. The Hall–Kier alpha value is -1.57. The maximum atomic E-state index is 12.9. The molecule has 0 aliphatic rings. The molecular weight excluding hydrogens is 379 g/mol. The number of halogens is 4. The summed E-state index contributed by atoms with van der Waals surface area (Å²) in [5.74, 6) is 0. The Kier molecular flexibility index (Phi) is 6.21. The van der Waals surface area contributed by atoms with Gasteiger partial charge in [0.2, 0.25) is 0 Å². The van der Waals surface area contributed by atoms with Crippen molar-refractivity contribution in [3.05, 3.63) is 33.8 Å². The average Bonchev–Trinajstić information content (AvgIpc) is 2.34. The molecule has 0 aromatic heterocycles. The molecule has 1 amide bonds. The van der Waals surface area contributed by atoms with Crippen LogP contribution in [0.1, 0.15) is 44.4 Å². The van der Waals surface area contributed by atoms with Crippen molar-refractivity contribution in [2.45, 2.75) is 45.0 Å². The second-order valence-corrected chi connectivity index (χ2v) is 6.79. The highest BCUT2D eigenvalue weighted by atomic mass is 79.9. The van der Waals surface area contributed by atoms with E-state index in [1.165, 1.54) is 6.07 Å². The number of amides is 1. The van der Waals surface area contributed by atoms with Gasteiger partial charge in [0, 0.05) is 10.9 Å². The lowest BCUT2D eigenvalue weighted by molar-refractivity contribution is -0.137. The summed E-state index contributed by atoms with van der Waals surface area (Å²) in [7, 11) is 0. The number of hydrogen-bond donors (Lipinski definition) is 1. The summed E-state index contributed by atoms with van der Waals surface area (Å²) in [4.78, 5) is 22.6. The number of alkyl halides is 3. The van der Waals surface area contributed by atoms with Gasteiger partial charge in [0.25, 0.3) is 0 Å². The minimum atomic E-state index is -4.53. The van der Waals surface area contributed by atoms with Crippen molar-refractivity contribution in [1.29, 1.82) is 0 Å². The third-order valence-corrected chi connectivity index (χ3v) is 3.13. The van der Waals surface area contributed by atoms with E-state index < -0.39 is 29.5 Å². The molecule has 8 heteroatoms. The third-order valence-electron chi connectivity index (χ3n) is 2.67. The highest BCUT2D eigenvalue weighted by Crippen LogP contribution is 2.33. The van der Waals surface area contributed by atoms with Gasteiger partial charge in [-0.2, -0.15) is 13.2 Å². The van der Waals surface area contributed by atoms with Crippen LogP contribution in [0.5, 0.6) is 0 Å². The summed E-state index contributed by atoms with van der Waals surface area (Å²) in [5, 5.41) is 2.42. The minimum Gasteiger partial charge on any atom is -0.444 e. The molecule has 0 radical (unpaired) electrons. The molecular formula is C15H17BrF3NO3. The molecule has 0 heterocycles. The highest BCUT2D eigenvalue weighted by Gasteiger charge is 2.32. The van der Waals surface area contributed by atoms with Gasteiger partial charge in [-0.3, -0.25) is 0 Å². The van der Waals surface area contributed by atoms with Crippen LogP contribution in [0.4, 0.5) is 18.0 Å². The molecule has 0 saturated heterocycles. The monoisotopic (exact) mass is 395 g/mol. The number of hydrogen-bond acceptors (Lipinski definition) is 3. The fourth-order valence-corrected chi connectivity index (χ4v) is 2.31. The van der Waals surface area contributed by atoms with Crippen LogP contribution in [0.3, 0.4) is 0 Å². The van der Waals surface area contributed by atoms with Crippen LogP contribution in [0.15, 0.2) is 22.7 Å². The fraction of sp³-hybridized carbons (Fsp3) is 0.467. The quantitative estimate of drug-likeness (QED) is 0.756. The first-order valence-corrected chi connectivity index (χ1v) is 7.52. The van der Waals surface area contributed by atoms with Crippen molar-refractivity contribution in [3.63, 3.8) is 0 Å². The first kappa shape index (κ1) is 19.5. The minimum absolute atomic E-state index is 0.157. The number of rotatable bonds is 4. The third kappa shape index (κ3) is 6.60. The summed E-state index contributed by atoms with van der Waals surface area (Å²) in [6.07, 6.45) is -4.99. The number of ether oxygens (including phenoxy) is 1. The van der Waals surface area contributed by atoms with Gasteiger partial charge < -0.3 is 14.8 Å². The Bertz CT molecular complexity index is 582. The molecule has 0 aliphatic heterocycles. The highest BCUT2D eigenvalue weighted by molar-refractivity contribution is 9.10. The van der Waals surface area contributed by atoms with E-state index in [4.69, 9.17) is 4.74 Å². The normalized spacial score (nSPS) is 13.3. The number of aldehydes is 1. The first-order valence-electron chi connectivity index (χ1n) is 6.73. The van der Waals surface area contributed by atoms with Crippen LogP contribution >= 0.6 is 15.9 Å². The topological polar surface area (TPSA) is 55.4 Å². The van der Waals surface area contributed by atoms with Crippen LogP contribution in [-0.2, 0) is 15.7 Å². The van der Waals surface area contributed by atoms with Crippen molar-refractivity contribution < 1.29 is 27.5 Å². The lowest BCUT2D eigenvalue weighted by Crippen LogP contribution is -2.35. The molecule has 0 fully saturated rings. The molecule has 0 aliphatic carbocycles. The zero-order chi connectivity index (χ0) is 17.8. The molecule has 1 rings (SSSR count). The maximum Gasteiger partial charge on any atom is 0.416 e. The molecule has 128 valence electrons. The smallest absolute Gasteiger partial charge is 0.416 e. The van der Waals surface area contributed by atoms with Crippen LogP contribution in [0.25, 0.3) is 0 Å². The zero-order valence-electron chi connectivity index (χ0n) is 12.8. The van der Waals surface area contributed by atoms with Crippen molar-refractivity contribution >= 4 is 28.3 Å². The molecule has 0 saturated carbocycles. The van der Waals surface area contributed by atoms with Gasteiger partial charge in [-0.15, -0.1) is 0 Å². The number of alkyl carbamates (subject to hydrolysis) is 1. The van der Waals surface area contributed by atoms with E-state index in [0.29, 0.717) is 6.29 Å². The largest absolute Gasteiger partial charge is 0.444 e. The standard InChI is InChI=1S/C15H17BrF3NO3/c1-14(2,3)23-13(22)20-12(4-5-21)9-6-10(15(17,18)19)8-11(16)7-9/h5-8,12H,4H2,1-3H3,(H,20,22)/t12-/m0/s1. The van der Waals surface area contributed by atoms with E-state index in [1.54, 1.807) is 20.8 Å². The lowest BCUT2D eigenvalue weighted by atomic mass is 10.0. The second-order valence-electron chi connectivity index (χ2n) is 5.87. The lowest BCUT2D eigenvalue weighted by Gasteiger charge is -2.23. The fourth-order valence-electron chi connectivity index (χ4n) is 1.80. The predicted molar refractivity (Wildman–Crippen MR) is 81.9 cm³/mol. The van der Waals surface area contributed by atoms with Crippen LogP contribution in [-0.4, -0.2) is 18.0 Å². The molecule has 1 aromatic carbocycles. The van der Waals surface area contributed by atoms with Gasteiger partial charge in [-0.1, -0.05) is 15.9 Å². The van der Waals surface area contributed by atoms with Gasteiger partial charge in [-0.05, 0) is 44.5 Å². The van der Waals surface area contributed by atoms with Gasteiger partial charge in [0.15, 0.2) is 0 Å². The summed E-state index contributed by atoms with van der Waals surface area (Å²) in [6.45, 7) is 4.96. The number of nitrogens with one attached hydrogen (secondary N) is 1. The number of carbonyl (C=O) groups is 2. The van der Waals surface area contributed by atoms with Crippen LogP contribution < -0.4 is 5.32 Å². The Morgan fingerprint density at radius 2 is 1.91 bits per heavy atom. The number of carbonyl (C=O) groups excluding carboxylic acids is 2. The zero-order valence-corrected chi connectivity index (χ0v) is 14.4. The Morgan fingerprint density at radius 1 is 1.30 bits per heavy atom. The summed E-state index contributed by atoms with van der Waals surface area (Å²) in [6, 6.07) is 2.33. The molecule has 1 N–H and O–H groups in total. The SMILES string of the molecule is CC(C)(C)OC(=O)N[C@@H](CC=O)c1cc(Br)cc(C(F)(F)F)c1. The van der Waals surface area contributed by atoms with Crippen molar-refractivity contribution in [3.8, 4) is 0 Å². The first-order chi connectivity index (χ1) is 10.4. The van der Waals surface area contributed by atoms with Crippen molar-refractivity contribution in [2.75, 3.05) is 0 Å². The molecule has 0 spiro atoms. The molecule has 0 bridgehead atoms. The van der Waals surface area contributed by atoms with Crippen LogP contribution in [0.2, 0.25) is 0 Å². The van der Waals surface area contributed by atoms with Crippen molar-refractivity contribution in [1.82, 2.24) is 5.32 Å². The molecule has 4 nitrogen and oxygen atoms in total. The summed E-state index contributed by atoms with van der Waals surface area (Å²) in [5.41, 5.74) is -1.47. The van der Waals surface area contributed by atoms with E-state index in [2.05, 4.69) is 21.2 Å². The Morgan fingerprint density at radius 3 is 2.39 bits per heavy atom. The van der Waals surface area contributed by atoms with Gasteiger partial charge in [0.05, 0.1) is 11.6 Å². The Labute approximate surface area is 140 Å². The predicted octanol–water partition coefficient (Wildman–Crippen LogP) is 4.62. The van der Waals surface area contributed by atoms with E-state index in [-0.39, 0.29) is 16.5 Å². The average molecular weight is 396 g/mol. The van der Waals surface area contributed by atoms with E-state index in [0.717, 1.165) is 12.1 Å². The molecule has 1 aromatic rings.